The van der Waals surface area contributed by atoms with Gasteiger partial charge in [0, 0.05) is 19.2 Å². The van der Waals surface area contributed by atoms with Crippen LogP contribution in [0.4, 0.5) is 14.9 Å². The molecular weight excluding hydrogens is 503 g/mol. The average Bonchev–Trinajstić information content (AvgIpc) is 3.49. The summed E-state index contributed by atoms with van der Waals surface area (Å²) in [6.45, 7) is 5.56. The second-order valence-corrected chi connectivity index (χ2v) is 9.61. The molecule has 2 N–H and O–H groups in total. The van der Waals surface area contributed by atoms with Crippen LogP contribution < -0.4 is 15.5 Å². The molecule has 1 aromatic carbocycles. The van der Waals surface area contributed by atoms with E-state index in [9.17, 15) is 19.2 Å². The van der Waals surface area contributed by atoms with Crippen molar-refractivity contribution in [3.63, 3.8) is 0 Å². The van der Waals surface area contributed by atoms with Gasteiger partial charge in [-0.3, -0.25) is 20.2 Å². The summed E-state index contributed by atoms with van der Waals surface area (Å²) in [5, 5.41) is 12.7. The van der Waals surface area contributed by atoms with Crippen LogP contribution in [0.1, 0.15) is 36.7 Å². The van der Waals surface area contributed by atoms with E-state index in [-0.39, 0.29) is 53.7 Å². The fraction of sp³-hybridized carbons (Fsp3) is 0.417. The standard InChI is InChI=1S/C24H23FN6O7/c1-4-36-20(32)13-7-26-31(9-13)19-14-5-12-6-24(21(33)27-23(35)28-22(24)34)18-11(3)37-10(2)8-30(18)16(12)15(25)17(14)38-29-19/h5,7,9-11,18H,4,6,8H2,1-3H3,(H2,27,28,33,34,35)/t10-,11+,18-/m1/s1. The number of hydrogen-bond donors (Lipinski definition) is 2. The van der Waals surface area contributed by atoms with E-state index in [2.05, 4.69) is 20.9 Å². The second kappa shape index (κ2) is 8.34. The highest BCUT2D eigenvalue weighted by atomic mass is 19.1. The molecule has 0 bridgehead atoms. The molecule has 14 heteroatoms. The third-order valence-corrected chi connectivity index (χ3v) is 7.26. The summed E-state index contributed by atoms with van der Waals surface area (Å²) in [5.74, 6) is -2.77. The Balaban J connectivity index is 1.53. The van der Waals surface area contributed by atoms with Crippen molar-refractivity contribution < 1.29 is 37.6 Å². The molecule has 2 aromatic heterocycles. The van der Waals surface area contributed by atoms with Gasteiger partial charge in [-0.05, 0) is 32.4 Å². The van der Waals surface area contributed by atoms with Crippen LogP contribution in [0.3, 0.4) is 0 Å². The third kappa shape index (κ3) is 3.25. The monoisotopic (exact) mass is 526 g/mol. The van der Waals surface area contributed by atoms with Crippen LogP contribution in [-0.2, 0) is 25.5 Å². The number of imide groups is 2. The van der Waals surface area contributed by atoms with Crippen molar-refractivity contribution >= 4 is 40.5 Å². The summed E-state index contributed by atoms with van der Waals surface area (Å²) in [6, 6.07) is -0.225. The minimum absolute atomic E-state index is 0.102. The Morgan fingerprint density at radius 1 is 1.26 bits per heavy atom. The molecule has 3 aliphatic rings. The van der Waals surface area contributed by atoms with E-state index >= 15 is 4.39 Å². The van der Waals surface area contributed by atoms with Gasteiger partial charge in [-0.1, -0.05) is 5.16 Å². The first kappa shape index (κ1) is 24.0. The van der Waals surface area contributed by atoms with Gasteiger partial charge in [0.15, 0.2) is 11.2 Å². The van der Waals surface area contributed by atoms with E-state index in [1.807, 2.05) is 0 Å². The van der Waals surface area contributed by atoms with Crippen LogP contribution in [-0.4, -0.2) is 70.2 Å². The Labute approximate surface area is 214 Å². The summed E-state index contributed by atoms with van der Waals surface area (Å²) >= 11 is 0. The molecule has 0 unspecified atom stereocenters. The molecule has 38 heavy (non-hydrogen) atoms. The summed E-state index contributed by atoms with van der Waals surface area (Å²) < 4.78 is 33.8. The molecule has 6 rings (SSSR count). The minimum Gasteiger partial charge on any atom is -0.462 e. The highest BCUT2D eigenvalue weighted by molar-refractivity contribution is 6.20. The number of halogens is 1. The molecule has 0 radical (unpaired) electrons. The fourth-order valence-electron chi connectivity index (χ4n) is 5.86. The molecule has 3 aromatic rings. The summed E-state index contributed by atoms with van der Waals surface area (Å²) in [4.78, 5) is 52.3. The van der Waals surface area contributed by atoms with Gasteiger partial charge in [0.05, 0.1) is 47.7 Å². The van der Waals surface area contributed by atoms with Crippen LogP contribution in [0.15, 0.2) is 23.0 Å². The average molecular weight is 526 g/mol. The molecular formula is C24H23FN6O7. The molecule has 0 saturated carbocycles. The van der Waals surface area contributed by atoms with E-state index in [4.69, 9.17) is 14.0 Å². The molecule has 4 amide bonds. The topological polar surface area (TPSA) is 158 Å². The van der Waals surface area contributed by atoms with Gasteiger partial charge in [-0.2, -0.15) is 5.10 Å². The van der Waals surface area contributed by atoms with Gasteiger partial charge in [0.1, 0.15) is 0 Å². The van der Waals surface area contributed by atoms with Gasteiger partial charge in [-0.25, -0.2) is 18.7 Å². The summed E-state index contributed by atoms with van der Waals surface area (Å²) in [7, 11) is 0. The van der Waals surface area contributed by atoms with E-state index in [1.54, 1.807) is 31.7 Å². The lowest BCUT2D eigenvalue weighted by molar-refractivity contribution is -0.153. The lowest BCUT2D eigenvalue weighted by Crippen LogP contribution is -2.75. The van der Waals surface area contributed by atoms with Gasteiger partial charge < -0.3 is 18.9 Å². The zero-order valence-electron chi connectivity index (χ0n) is 20.6. The Kier molecular flexibility index (Phi) is 5.28. The first-order valence-electron chi connectivity index (χ1n) is 12.1. The van der Waals surface area contributed by atoms with Crippen molar-refractivity contribution in [1.82, 2.24) is 25.6 Å². The van der Waals surface area contributed by atoms with Crippen molar-refractivity contribution in [1.29, 1.82) is 0 Å². The second-order valence-electron chi connectivity index (χ2n) is 9.61. The number of urea groups is 1. The summed E-state index contributed by atoms with van der Waals surface area (Å²) in [5.41, 5.74) is -1.24. The number of hydrogen-bond acceptors (Lipinski definition) is 10. The number of nitrogens with one attached hydrogen (secondary N) is 2. The molecule has 3 aliphatic heterocycles. The number of anilines is 1. The number of fused-ring (bicyclic) bond motifs is 5. The first-order chi connectivity index (χ1) is 18.1. The number of amides is 4. The molecule has 2 saturated heterocycles. The predicted octanol–water partition coefficient (Wildman–Crippen LogP) is 1.22. The van der Waals surface area contributed by atoms with Gasteiger partial charge in [-0.15, -0.1) is 0 Å². The van der Waals surface area contributed by atoms with Crippen LogP contribution in [0.25, 0.3) is 16.8 Å². The Bertz CT molecular complexity index is 1510. The molecule has 5 heterocycles. The quantitative estimate of drug-likeness (QED) is 0.375. The Morgan fingerprint density at radius 2 is 2.00 bits per heavy atom. The fourth-order valence-corrected chi connectivity index (χ4v) is 5.86. The smallest absolute Gasteiger partial charge is 0.341 e. The molecule has 2 fully saturated rings. The Morgan fingerprint density at radius 3 is 2.71 bits per heavy atom. The number of esters is 1. The van der Waals surface area contributed by atoms with Crippen molar-refractivity contribution in [2.75, 3.05) is 18.1 Å². The molecule has 198 valence electrons. The van der Waals surface area contributed by atoms with E-state index in [0.717, 1.165) is 0 Å². The zero-order valence-corrected chi connectivity index (χ0v) is 20.6. The van der Waals surface area contributed by atoms with E-state index in [1.165, 1.54) is 17.1 Å². The largest absolute Gasteiger partial charge is 0.462 e. The van der Waals surface area contributed by atoms with Crippen LogP contribution in [0, 0.1) is 11.2 Å². The SMILES string of the molecule is CCOC(=O)c1cnn(-c2noc3c(F)c4c(cc23)CC2(C(=O)NC(=O)NC2=O)[C@H]2[C@H](C)O[C@H](C)CN42)c1. The van der Waals surface area contributed by atoms with Crippen molar-refractivity contribution in [2.45, 2.75) is 45.4 Å². The van der Waals surface area contributed by atoms with Gasteiger partial charge >= 0.3 is 12.0 Å². The number of benzene rings is 1. The van der Waals surface area contributed by atoms with Crippen molar-refractivity contribution in [3.8, 4) is 5.82 Å². The molecule has 13 nitrogen and oxygen atoms in total. The minimum atomic E-state index is -1.76. The Hall–Kier alpha value is -4.33. The van der Waals surface area contributed by atoms with Gasteiger partial charge in [0.25, 0.3) is 0 Å². The first-order valence-corrected chi connectivity index (χ1v) is 12.1. The highest BCUT2D eigenvalue weighted by Gasteiger charge is 2.63. The maximum atomic E-state index is 16.2. The van der Waals surface area contributed by atoms with Gasteiger partial charge in [0.2, 0.25) is 23.2 Å². The molecule has 1 spiro atoms. The maximum Gasteiger partial charge on any atom is 0.341 e. The third-order valence-electron chi connectivity index (χ3n) is 7.26. The lowest BCUT2D eigenvalue weighted by Gasteiger charge is -2.55. The number of rotatable bonds is 3. The maximum absolute atomic E-state index is 16.2. The van der Waals surface area contributed by atoms with E-state index < -0.39 is 47.2 Å². The lowest BCUT2D eigenvalue weighted by atomic mass is 9.66. The zero-order chi connectivity index (χ0) is 26.9. The number of barbiturate groups is 1. The number of aromatic nitrogens is 3. The highest BCUT2D eigenvalue weighted by Crippen LogP contribution is 2.49. The van der Waals surface area contributed by atoms with Crippen LogP contribution in [0.2, 0.25) is 0 Å². The predicted molar refractivity (Wildman–Crippen MR) is 126 cm³/mol. The number of ether oxygens (including phenoxy) is 2. The number of nitrogens with zero attached hydrogens (tertiary/aromatic N) is 4. The van der Waals surface area contributed by atoms with Crippen LogP contribution >= 0.6 is 0 Å². The summed E-state index contributed by atoms with van der Waals surface area (Å²) in [6.07, 6.45) is 1.47. The van der Waals surface area contributed by atoms with Crippen LogP contribution in [0.5, 0.6) is 0 Å². The van der Waals surface area contributed by atoms with Crippen molar-refractivity contribution in [2.24, 2.45) is 5.41 Å². The number of carbonyl (C=O) groups is 4. The van der Waals surface area contributed by atoms with Crippen molar-refractivity contribution in [3.05, 3.63) is 35.4 Å². The normalized spacial score (nSPS) is 24.2. The number of carbonyl (C=O) groups excluding carboxylic acids is 4. The number of morpholine rings is 1. The van der Waals surface area contributed by atoms with E-state index in [0.29, 0.717) is 5.56 Å². The molecule has 3 atom stereocenters. The molecule has 0 aliphatic carbocycles.